The van der Waals surface area contributed by atoms with E-state index in [9.17, 15) is 0 Å². The maximum atomic E-state index is 6.66. The third-order valence-corrected chi connectivity index (χ3v) is 14.3. The van der Waals surface area contributed by atoms with Crippen molar-refractivity contribution in [2.24, 2.45) is 0 Å². The second kappa shape index (κ2) is 18.0. The van der Waals surface area contributed by atoms with Gasteiger partial charge in [-0.1, -0.05) is 170 Å². The zero-order valence-corrected chi connectivity index (χ0v) is 40.0. The van der Waals surface area contributed by atoms with Gasteiger partial charge in [0, 0.05) is 55.5 Å². The van der Waals surface area contributed by atoms with Gasteiger partial charge < -0.3 is 18.3 Å². The molecule has 0 N–H and O–H groups in total. The van der Waals surface area contributed by atoms with E-state index in [0.717, 1.165) is 101 Å². The van der Waals surface area contributed by atoms with Crippen LogP contribution in [0.25, 0.3) is 106 Å². The van der Waals surface area contributed by atoms with Gasteiger partial charge in [0.2, 0.25) is 23.6 Å². The number of nitrogens with zero attached hydrogens (tertiary/aromatic N) is 6. The highest BCUT2D eigenvalue weighted by Crippen LogP contribution is 2.52. The smallest absolute Gasteiger partial charge is 0.248 e. The Bertz CT molecular complexity index is 4250. The fourth-order valence-electron chi connectivity index (χ4n) is 11.0. The van der Waals surface area contributed by atoms with Crippen molar-refractivity contribution < 1.29 is 8.83 Å². The van der Waals surface area contributed by atoms with Crippen LogP contribution in [0.2, 0.25) is 0 Å². The highest BCUT2D eigenvalue weighted by atomic mass is 16.4. The van der Waals surface area contributed by atoms with Crippen LogP contribution in [0.5, 0.6) is 0 Å². The van der Waals surface area contributed by atoms with Crippen molar-refractivity contribution in [2.45, 2.75) is 12.3 Å². The average Bonchev–Trinajstić information content (AvgIpc) is 4.25. The van der Waals surface area contributed by atoms with E-state index in [0.29, 0.717) is 23.6 Å². The van der Waals surface area contributed by atoms with Crippen molar-refractivity contribution in [3.63, 3.8) is 0 Å². The van der Waals surface area contributed by atoms with Crippen LogP contribution >= 0.6 is 0 Å². The minimum Gasteiger partial charge on any atom is -0.420 e. The first-order chi connectivity index (χ1) is 36.7. The molecule has 8 heteroatoms. The molecule has 1 aliphatic carbocycles. The van der Waals surface area contributed by atoms with Crippen LogP contribution in [0.3, 0.4) is 0 Å². The predicted molar refractivity (Wildman–Crippen MR) is 299 cm³/mol. The number of benzene rings is 10. The second-order valence-electron chi connectivity index (χ2n) is 18.5. The van der Waals surface area contributed by atoms with E-state index < -0.39 is 0 Å². The van der Waals surface area contributed by atoms with Gasteiger partial charge in [-0.15, -0.1) is 20.4 Å². The Morgan fingerprint density at radius 1 is 0.405 bits per heavy atom. The Kier molecular flexibility index (Phi) is 10.5. The van der Waals surface area contributed by atoms with Gasteiger partial charge >= 0.3 is 0 Å². The number of rotatable bonds is 10. The van der Waals surface area contributed by atoms with Gasteiger partial charge in [0.25, 0.3) is 0 Å². The molecule has 0 bridgehead atoms. The summed E-state index contributed by atoms with van der Waals surface area (Å²) in [7, 11) is 0. The molecule has 10 aromatic carbocycles. The summed E-state index contributed by atoms with van der Waals surface area (Å²) in [5.74, 6) is 1.96. The molecule has 14 rings (SSSR count). The molecule has 13 aromatic rings. The fraction of sp³-hybridized carbons (Fsp3) is 0.0303. The summed E-state index contributed by atoms with van der Waals surface area (Å²) in [5, 5.41) is 25.3. The van der Waals surface area contributed by atoms with Gasteiger partial charge in [0.05, 0.1) is 22.6 Å². The molecule has 0 saturated heterocycles. The molecule has 350 valence electrons. The summed E-state index contributed by atoms with van der Waals surface area (Å²) in [6, 6.07) is 78.9. The van der Waals surface area contributed by atoms with E-state index in [4.69, 9.17) is 13.9 Å². The Hall–Kier alpha value is -9.92. The summed E-state index contributed by atoms with van der Waals surface area (Å²) in [4.78, 5) is 2.38. The summed E-state index contributed by atoms with van der Waals surface area (Å²) >= 11 is 0. The average molecular weight is 953 g/mol. The Balaban J connectivity index is 1.04. The molecular formula is C66H44N6O2. The van der Waals surface area contributed by atoms with Crippen LogP contribution in [0, 0.1) is 0 Å². The van der Waals surface area contributed by atoms with Crippen molar-refractivity contribution in [1.82, 2.24) is 25.0 Å². The molecule has 0 amide bonds. The quantitative estimate of drug-likeness (QED) is 0.126. The summed E-state index contributed by atoms with van der Waals surface area (Å²) in [6.45, 7) is 0. The van der Waals surface area contributed by atoms with Crippen molar-refractivity contribution in [3.05, 3.63) is 255 Å². The Morgan fingerprint density at radius 2 is 0.932 bits per heavy atom. The summed E-state index contributed by atoms with van der Waals surface area (Å²) in [6.07, 6.45) is 9.16. The fourth-order valence-corrected chi connectivity index (χ4v) is 11.0. The summed E-state index contributed by atoms with van der Waals surface area (Å²) in [5.41, 5.74) is 12.9. The Morgan fingerprint density at radius 3 is 1.61 bits per heavy atom. The lowest BCUT2D eigenvalue weighted by Crippen LogP contribution is -2.11. The minimum atomic E-state index is 0.00410. The molecule has 3 aromatic heterocycles. The van der Waals surface area contributed by atoms with E-state index in [1.807, 2.05) is 48.5 Å². The Labute approximate surface area is 426 Å². The minimum absolute atomic E-state index is 0.00410. The molecule has 3 heterocycles. The zero-order valence-electron chi connectivity index (χ0n) is 40.0. The van der Waals surface area contributed by atoms with Crippen LogP contribution in [0.4, 0.5) is 17.1 Å². The molecule has 1 atom stereocenters. The van der Waals surface area contributed by atoms with Crippen LogP contribution < -0.4 is 4.90 Å². The normalized spacial score (nSPS) is 13.4. The molecule has 1 unspecified atom stereocenters. The van der Waals surface area contributed by atoms with Gasteiger partial charge in [-0.25, -0.2) is 0 Å². The van der Waals surface area contributed by atoms with Gasteiger partial charge in [0.15, 0.2) is 0 Å². The van der Waals surface area contributed by atoms with Gasteiger partial charge in [-0.05, 0) is 118 Å². The topological polar surface area (TPSA) is 86.0 Å². The number of para-hydroxylation sites is 3. The maximum absolute atomic E-state index is 6.66. The lowest BCUT2D eigenvalue weighted by atomic mass is 9.83. The molecule has 0 aliphatic heterocycles. The van der Waals surface area contributed by atoms with E-state index in [-0.39, 0.29) is 5.92 Å². The number of aromatic nitrogens is 5. The van der Waals surface area contributed by atoms with Gasteiger partial charge in [-0.3, -0.25) is 0 Å². The first kappa shape index (κ1) is 42.9. The van der Waals surface area contributed by atoms with Crippen molar-refractivity contribution in [3.8, 4) is 62.3 Å². The van der Waals surface area contributed by atoms with Crippen molar-refractivity contribution in [1.29, 1.82) is 0 Å². The zero-order chi connectivity index (χ0) is 49.0. The van der Waals surface area contributed by atoms with Crippen LogP contribution in [0.15, 0.2) is 258 Å². The molecule has 0 fully saturated rings. The highest BCUT2D eigenvalue weighted by molar-refractivity contribution is 6.26. The SMILES string of the molecule is C1=CCC(c2nnc(-c3ccccc3-c3c4ccccc4c(-c4ccccc4-c4nnc(-c5ccccc5)o4)c4cccc(N(c5ccccc5)c5ccc(-n6c7ccccc7c7ccccc76)cc5)c34)o2)C=C1. The monoisotopic (exact) mass is 952 g/mol. The van der Waals surface area contributed by atoms with E-state index in [1.54, 1.807) is 0 Å². The standard InChI is InChI=1S/C66H44N6O2/c1-4-21-43(22-5-1)63-67-69-65(73-63)54-33-14-12-31-52(54)60-50-29-10-11-30-51(50)61(53-32-13-15-34-55(53)66-70-68-64(74-66)44-23-6-2-7-24-44)62-56(60)35-20-38-59(62)71(45-25-8-3-9-26-45)46-39-41-47(42-40-46)72-57-36-18-16-27-48(57)49-28-17-19-37-58(49)72/h1-23,25-42,44H,24H2. The van der Waals surface area contributed by atoms with E-state index in [2.05, 4.69) is 225 Å². The predicted octanol–water partition coefficient (Wildman–Crippen LogP) is 17.3. The molecule has 0 saturated carbocycles. The number of hydrogen-bond donors (Lipinski definition) is 0. The number of anilines is 3. The number of fused-ring (bicyclic) bond motifs is 5. The lowest BCUT2D eigenvalue weighted by Gasteiger charge is -2.29. The molecule has 0 spiro atoms. The highest BCUT2D eigenvalue weighted by Gasteiger charge is 2.28. The number of allylic oxidation sites excluding steroid dienone is 4. The second-order valence-corrected chi connectivity index (χ2v) is 18.5. The summed E-state index contributed by atoms with van der Waals surface area (Å²) < 4.78 is 15.6. The molecule has 74 heavy (non-hydrogen) atoms. The van der Waals surface area contributed by atoms with Crippen LogP contribution in [-0.4, -0.2) is 25.0 Å². The molecule has 0 radical (unpaired) electrons. The van der Waals surface area contributed by atoms with Crippen LogP contribution in [-0.2, 0) is 0 Å². The lowest BCUT2D eigenvalue weighted by molar-refractivity contribution is 0.484. The molecule has 1 aliphatic rings. The third-order valence-electron chi connectivity index (χ3n) is 14.3. The van der Waals surface area contributed by atoms with Gasteiger partial charge in [-0.2, -0.15) is 0 Å². The first-order valence-corrected chi connectivity index (χ1v) is 24.9. The number of hydrogen-bond acceptors (Lipinski definition) is 7. The van der Waals surface area contributed by atoms with E-state index >= 15 is 0 Å². The van der Waals surface area contributed by atoms with E-state index in [1.165, 1.54) is 10.8 Å². The first-order valence-electron chi connectivity index (χ1n) is 24.9. The largest absolute Gasteiger partial charge is 0.420 e. The molecule has 8 nitrogen and oxygen atoms in total. The maximum Gasteiger partial charge on any atom is 0.248 e. The third kappa shape index (κ3) is 7.22. The molecular weight excluding hydrogens is 909 g/mol. The van der Waals surface area contributed by atoms with Gasteiger partial charge in [0.1, 0.15) is 0 Å². The van der Waals surface area contributed by atoms with Crippen LogP contribution in [0.1, 0.15) is 18.2 Å². The van der Waals surface area contributed by atoms with Crippen molar-refractivity contribution >= 4 is 60.4 Å². The van der Waals surface area contributed by atoms with Crippen molar-refractivity contribution in [2.75, 3.05) is 4.90 Å².